The van der Waals surface area contributed by atoms with Crippen molar-refractivity contribution in [3.8, 4) is 11.5 Å². The van der Waals surface area contributed by atoms with E-state index in [2.05, 4.69) is 40.3 Å². The van der Waals surface area contributed by atoms with Gasteiger partial charge < -0.3 is 14.8 Å². The van der Waals surface area contributed by atoms with E-state index < -0.39 is 0 Å². The summed E-state index contributed by atoms with van der Waals surface area (Å²) in [5.41, 5.74) is 1.25. The summed E-state index contributed by atoms with van der Waals surface area (Å²) < 4.78 is 11.9. The molecule has 0 bridgehead atoms. The molecule has 4 heteroatoms. The number of hydrogen-bond donors (Lipinski definition) is 1. The number of halogens is 1. The van der Waals surface area contributed by atoms with Crippen LogP contribution < -0.4 is 14.8 Å². The van der Waals surface area contributed by atoms with Gasteiger partial charge in [-0.25, -0.2) is 0 Å². The molecule has 20 heavy (non-hydrogen) atoms. The molecule has 1 heterocycles. The topological polar surface area (TPSA) is 30.5 Å². The lowest BCUT2D eigenvalue weighted by Crippen LogP contribution is -2.33. The molecule has 1 aliphatic heterocycles. The number of ether oxygens (including phenoxy) is 2. The summed E-state index contributed by atoms with van der Waals surface area (Å²) in [4.78, 5) is 0. The molecule has 1 N–H and O–H groups in total. The smallest absolute Gasteiger partial charge is 0.231 e. The van der Waals surface area contributed by atoms with Gasteiger partial charge in [-0.05, 0) is 52.4 Å². The summed E-state index contributed by atoms with van der Waals surface area (Å²) >= 11 is 3.56. The quantitative estimate of drug-likeness (QED) is 0.835. The summed E-state index contributed by atoms with van der Waals surface area (Å²) in [5, 5.41) is 3.73. The van der Waals surface area contributed by atoms with Crippen molar-refractivity contribution in [2.45, 2.75) is 51.6 Å². The van der Waals surface area contributed by atoms with Gasteiger partial charge in [0.2, 0.25) is 6.79 Å². The molecule has 0 aromatic heterocycles. The zero-order chi connectivity index (χ0) is 13.9. The summed E-state index contributed by atoms with van der Waals surface area (Å²) in [6.45, 7) is 3.59. The van der Waals surface area contributed by atoms with Crippen LogP contribution in [0, 0.1) is 5.92 Å². The van der Waals surface area contributed by atoms with Gasteiger partial charge in [0.05, 0.1) is 4.47 Å². The molecule has 2 aliphatic rings. The number of fused-ring (bicyclic) bond motifs is 1. The lowest BCUT2D eigenvalue weighted by Gasteiger charge is -2.23. The summed E-state index contributed by atoms with van der Waals surface area (Å²) in [6, 6.07) is 4.85. The maximum absolute atomic E-state index is 5.47. The van der Waals surface area contributed by atoms with Gasteiger partial charge in [-0.2, -0.15) is 0 Å². The molecule has 2 atom stereocenters. The predicted octanol–water partition coefficient (Wildman–Crippen LogP) is 4.24. The van der Waals surface area contributed by atoms with Crippen LogP contribution in [0.4, 0.5) is 0 Å². The average Bonchev–Trinajstić information content (AvgIpc) is 2.81. The fourth-order valence-electron chi connectivity index (χ4n) is 3.17. The highest BCUT2D eigenvalue weighted by Crippen LogP contribution is 2.40. The van der Waals surface area contributed by atoms with Crippen molar-refractivity contribution < 1.29 is 9.47 Å². The summed E-state index contributed by atoms with van der Waals surface area (Å²) in [7, 11) is 0. The van der Waals surface area contributed by atoms with Gasteiger partial charge in [-0.1, -0.05) is 26.2 Å². The van der Waals surface area contributed by atoms with Crippen LogP contribution >= 0.6 is 15.9 Å². The Labute approximate surface area is 129 Å². The minimum atomic E-state index is 0.324. The van der Waals surface area contributed by atoms with E-state index in [0.29, 0.717) is 12.8 Å². The minimum absolute atomic E-state index is 0.324. The molecule has 0 radical (unpaired) electrons. The van der Waals surface area contributed by atoms with Crippen LogP contribution in [0.2, 0.25) is 0 Å². The van der Waals surface area contributed by atoms with Gasteiger partial charge in [-0.3, -0.25) is 0 Å². The van der Waals surface area contributed by atoms with Crippen LogP contribution in [-0.2, 0) is 6.54 Å². The molecule has 0 saturated heterocycles. The third kappa shape index (κ3) is 3.12. The van der Waals surface area contributed by atoms with E-state index in [4.69, 9.17) is 9.47 Å². The van der Waals surface area contributed by atoms with Crippen LogP contribution in [0.5, 0.6) is 11.5 Å². The first-order valence-electron chi connectivity index (χ1n) is 7.55. The first-order valence-corrected chi connectivity index (χ1v) is 8.35. The molecule has 2 unspecified atom stereocenters. The Kier molecular flexibility index (Phi) is 4.51. The molecule has 0 spiro atoms. The summed E-state index contributed by atoms with van der Waals surface area (Å²) in [6.07, 6.45) is 6.77. The van der Waals surface area contributed by atoms with Gasteiger partial charge in [0.15, 0.2) is 11.5 Å². The van der Waals surface area contributed by atoms with E-state index in [9.17, 15) is 0 Å². The second-order valence-electron chi connectivity index (χ2n) is 5.91. The van der Waals surface area contributed by atoms with E-state index in [1.54, 1.807) is 0 Å². The lowest BCUT2D eigenvalue weighted by molar-refractivity contribution is 0.173. The van der Waals surface area contributed by atoms with Crippen molar-refractivity contribution in [2.75, 3.05) is 6.79 Å². The summed E-state index contributed by atoms with van der Waals surface area (Å²) in [5.74, 6) is 2.46. The first-order chi connectivity index (χ1) is 9.74. The zero-order valence-electron chi connectivity index (χ0n) is 12.0. The standard InChI is InChI=1S/C16H22BrNO2/c1-11-5-3-2-4-6-14(11)18-9-12-7-13(17)16-15(8-12)19-10-20-16/h7-8,11,14,18H,2-6,9-10H2,1H3. The maximum atomic E-state index is 5.47. The molecule has 110 valence electrons. The third-order valence-electron chi connectivity index (χ3n) is 4.42. The molecular weight excluding hydrogens is 318 g/mol. The van der Waals surface area contributed by atoms with Gasteiger partial charge in [0.1, 0.15) is 0 Å². The third-order valence-corrected chi connectivity index (χ3v) is 5.01. The van der Waals surface area contributed by atoms with E-state index in [-0.39, 0.29) is 0 Å². The first kappa shape index (κ1) is 14.2. The van der Waals surface area contributed by atoms with Crippen LogP contribution in [0.3, 0.4) is 0 Å². The fraction of sp³-hybridized carbons (Fsp3) is 0.625. The Morgan fingerprint density at radius 2 is 2.05 bits per heavy atom. The van der Waals surface area contributed by atoms with E-state index in [1.165, 1.54) is 37.7 Å². The SMILES string of the molecule is CC1CCCCCC1NCc1cc(Br)c2c(c1)OCO2. The van der Waals surface area contributed by atoms with Gasteiger partial charge in [-0.15, -0.1) is 0 Å². The minimum Gasteiger partial charge on any atom is -0.454 e. The van der Waals surface area contributed by atoms with Crippen molar-refractivity contribution in [3.63, 3.8) is 0 Å². The number of nitrogens with one attached hydrogen (secondary N) is 1. The number of rotatable bonds is 3. The maximum Gasteiger partial charge on any atom is 0.231 e. The molecule has 1 fully saturated rings. The Bertz CT molecular complexity index is 478. The van der Waals surface area contributed by atoms with E-state index >= 15 is 0 Å². The van der Waals surface area contributed by atoms with E-state index in [0.717, 1.165) is 28.4 Å². The van der Waals surface area contributed by atoms with Crippen LogP contribution in [0.15, 0.2) is 16.6 Å². The molecular formula is C16H22BrNO2. The Hall–Kier alpha value is -0.740. The van der Waals surface area contributed by atoms with Crippen molar-refractivity contribution >= 4 is 15.9 Å². The zero-order valence-corrected chi connectivity index (χ0v) is 13.5. The highest BCUT2D eigenvalue weighted by Gasteiger charge is 2.21. The van der Waals surface area contributed by atoms with Gasteiger partial charge in [0, 0.05) is 12.6 Å². The Morgan fingerprint density at radius 3 is 2.95 bits per heavy atom. The molecule has 1 aromatic carbocycles. The van der Waals surface area contributed by atoms with Crippen molar-refractivity contribution in [2.24, 2.45) is 5.92 Å². The highest BCUT2D eigenvalue weighted by atomic mass is 79.9. The van der Waals surface area contributed by atoms with Crippen molar-refractivity contribution in [1.29, 1.82) is 0 Å². The van der Waals surface area contributed by atoms with Gasteiger partial charge in [0.25, 0.3) is 0 Å². The molecule has 3 nitrogen and oxygen atoms in total. The number of benzene rings is 1. The molecule has 1 aliphatic carbocycles. The molecule has 3 rings (SSSR count). The average molecular weight is 340 g/mol. The highest BCUT2D eigenvalue weighted by molar-refractivity contribution is 9.10. The van der Waals surface area contributed by atoms with Crippen LogP contribution in [-0.4, -0.2) is 12.8 Å². The molecule has 1 saturated carbocycles. The predicted molar refractivity (Wildman–Crippen MR) is 83.1 cm³/mol. The largest absolute Gasteiger partial charge is 0.454 e. The Balaban J connectivity index is 1.64. The number of hydrogen-bond acceptors (Lipinski definition) is 3. The fourth-order valence-corrected chi connectivity index (χ4v) is 3.77. The monoisotopic (exact) mass is 339 g/mol. The van der Waals surface area contributed by atoms with Crippen LogP contribution in [0.25, 0.3) is 0 Å². The Morgan fingerprint density at radius 1 is 1.20 bits per heavy atom. The second-order valence-corrected chi connectivity index (χ2v) is 6.77. The molecule has 1 aromatic rings. The van der Waals surface area contributed by atoms with E-state index in [1.807, 2.05) is 0 Å². The lowest BCUT2D eigenvalue weighted by atomic mass is 9.97. The van der Waals surface area contributed by atoms with Crippen molar-refractivity contribution in [1.82, 2.24) is 5.32 Å². The molecule has 0 amide bonds. The van der Waals surface area contributed by atoms with Crippen LogP contribution in [0.1, 0.15) is 44.6 Å². The normalized spacial score (nSPS) is 25.5. The van der Waals surface area contributed by atoms with Gasteiger partial charge >= 0.3 is 0 Å². The second kappa shape index (κ2) is 6.35. The van der Waals surface area contributed by atoms with Crippen molar-refractivity contribution in [3.05, 3.63) is 22.2 Å².